The molecule has 0 fully saturated rings. The Morgan fingerprint density at radius 1 is 1.14 bits per heavy atom. The molecule has 0 aliphatic heterocycles. The third-order valence-electron chi connectivity index (χ3n) is 3.84. The number of nitrogens with one attached hydrogen (secondary N) is 2. The molecule has 28 heavy (non-hydrogen) atoms. The Hall–Kier alpha value is -2.96. The molecule has 0 radical (unpaired) electrons. The van der Waals surface area contributed by atoms with Gasteiger partial charge in [0.15, 0.2) is 0 Å². The fraction of sp³-hybridized carbons (Fsp3) is 0.100. The lowest BCUT2D eigenvalue weighted by Gasteiger charge is -2.05. The third-order valence-corrected chi connectivity index (χ3v) is 4.38. The predicted molar refractivity (Wildman–Crippen MR) is 111 cm³/mol. The van der Waals surface area contributed by atoms with E-state index in [0.717, 1.165) is 16.5 Å². The lowest BCUT2D eigenvalue weighted by Crippen LogP contribution is -2.34. The lowest BCUT2D eigenvalue weighted by molar-refractivity contribution is -0.120. The van der Waals surface area contributed by atoms with Crippen LogP contribution in [0.4, 0.5) is 0 Å². The Morgan fingerprint density at radius 3 is 2.75 bits per heavy atom. The molecular formula is C20H16Cl2N4O2. The van der Waals surface area contributed by atoms with Crippen LogP contribution in [0.25, 0.3) is 10.9 Å². The quantitative estimate of drug-likeness (QED) is 0.379. The van der Waals surface area contributed by atoms with Gasteiger partial charge >= 0.3 is 0 Å². The van der Waals surface area contributed by atoms with Crippen molar-refractivity contribution in [3.63, 3.8) is 0 Å². The number of hydrazone groups is 1. The van der Waals surface area contributed by atoms with E-state index in [1.54, 1.807) is 18.2 Å². The van der Waals surface area contributed by atoms with E-state index in [2.05, 4.69) is 20.8 Å². The Bertz CT molecular complexity index is 1080. The maximum absolute atomic E-state index is 12.0. The summed E-state index contributed by atoms with van der Waals surface area (Å²) in [5, 5.41) is 8.00. The second kappa shape index (κ2) is 8.82. The summed E-state index contributed by atoms with van der Waals surface area (Å²) >= 11 is 12.0. The molecule has 3 rings (SSSR count). The molecule has 3 aromatic rings. The minimum Gasteiger partial charge on any atom is -0.343 e. The second-order valence-corrected chi connectivity index (χ2v) is 6.85. The van der Waals surface area contributed by atoms with E-state index in [4.69, 9.17) is 23.2 Å². The van der Waals surface area contributed by atoms with Crippen LogP contribution in [0.3, 0.4) is 0 Å². The number of hydrogen-bond acceptors (Lipinski definition) is 4. The number of fused-ring (bicyclic) bond motifs is 1. The first-order valence-electron chi connectivity index (χ1n) is 8.35. The highest BCUT2D eigenvalue weighted by molar-refractivity contribution is 6.32. The summed E-state index contributed by atoms with van der Waals surface area (Å²) in [6, 6.07) is 14.1. The number of carbonyl (C=O) groups excluding carboxylic acids is 2. The summed E-state index contributed by atoms with van der Waals surface area (Å²) in [4.78, 5) is 28.2. The van der Waals surface area contributed by atoms with Gasteiger partial charge in [-0.15, -0.1) is 0 Å². The molecule has 1 heterocycles. The number of aromatic nitrogens is 1. The summed E-state index contributed by atoms with van der Waals surface area (Å²) < 4.78 is 0. The Balaban J connectivity index is 1.57. The Kier molecular flexibility index (Phi) is 6.23. The zero-order valence-corrected chi connectivity index (χ0v) is 16.4. The van der Waals surface area contributed by atoms with E-state index in [0.29, 0.717) is 16.1 Å². The zero-order chi connectivity index (χ0) is 20.1. The van der Waals surface area contributed by atoms with Crippen LogP contribution in [-0.2, 0) is 4.79 Å². The molecule has 0 saturated heterocycles. The van der Waals surface area contributed by atoms with Crippen molar-refractivity contribution in [3.8, 4) is 0 Å². The highest BCUT2D eigenvalue weighted by Gasteiger charge is 2.08. The Labute approximate surface area is 171 Å². The number of carbonyl (C=O) groups is 2. The number of aryl methyl sites for hydroxylation is 1. The molecule has 0 unspecified atom stereocenters. The summed E-state index contributed by atoms with van der Waals surface area (Å²) in [5.74, 6) is -0.883. The second-order valence-electron chi connectivity index (χ2n) is 6.05. The Morgan fingerprint density at radius 2 is 1.96 bits per heavy atom. The smallest absolute Gasteiger partial charge is 0.259 e. The van der Waals surface area contributed by atoms with E-state index in [-0.39, 0.29) is 11.7 Å². The van der Waals surface area contributed by atoms with Gasteiger partial charge in [-0.1, -0.05) is 41.4 Å². The van der Waals surface area contributed by atoms with Gasteiger partial charge in [0.25, 0.3) is 11.8 Å². The first-order chi connectivity index (χ1) is 13.4. The minimum atomic E-state index is -0.480. The number of benzene rings is 2. The van der Waals surface area contributed by atoms with Crippen molar-refractivity contribution in [2.75, 3.05) is 6.54 Å². The van der Waals surface area contributed by atoms with Gasteiger partial charge in [-0.05, 0) is 42.8 Å². The van der Waals surface area contributed by atoms with E-state index < -0.39 is 11.8 Å². The van der Waals surface area contributed by atoms with Crippen LogP contribution in [0.15, 0.2) is 53.6 Å². The van der Waals surface area contributed by atoms with E-state index in [1.807, 2.05) is 31.2 Å². The van der Waals surface area contributed by atoms with Gasteiger partial charge in [0, 0.05) is 21.5 Å². The van der Waals surface area contributed by atoms with Gasteiger partial charge < -0.3 is 5.32 Å². The molecular weight excluding hydrogens is 399 g/mol. The molecule has 1 aromatic heterocycles. The number of nitrogens with zero attached hydrogens (tertiary/aromatic N) is 2. The van der Waals surface area contributed by atoms with Crippen LogP contribution in [0.2, 0.25) is 10.2 Å². The van der Waals surface area contributed by atoms with Crippen molar-refractivity contribution >= 4 is 52.1 Å². The molecule has 0 bridgehead atoms. The highest BCUT2D eigenvalue weighted by Crippen LogP contribution is 2.20. The summed E-state index contributed by atoms with van der Waals surface area (Å²) in [6.07, 6.45) is 1.41. The van der Waals surface area contributed by atoms with Crippen LogP contribution < -0.4 is 10.7 Å². The molecule has 2 amide bonds. The van der Waals surface area contributed by atoms with Gasteiger partial charge in [0.05, 0.1) is 18.3 Å². The van der Waals surface area contributed by atoms with E-state index in [9.17, 15) is 9.59 Å². The summed E-state index contributed by atoms with van der Waals surface area (Å²) in [5.41, 5.74) is 5.15. The fourth-order valence-corrected chi connectivity index (χ4v) is 2.85. The molecule has 6 nitrogen and oxygen atoms in total. The van der Waals surface area contributed by atoms with Crippen molar-refractivity contribution < 1.29 is 9.59 Å². The van der Waals surface area contributed by atoms with Gasteiger partial charge in [-0.25, -0.2) is 10.4 Å². The first-order valence-corrected chi connectivity index (χ1v) is 9.10. The molecule has 0 aliphatic carbocycles. The monoisotopic (exact) mass is 414 g/mol. The first kappa shape index (κ1) is 19.8. The summed E-state index contributed by atoms with van der Waals surface area (Å²) in [6.45, 7) is 1.75. The van der Waals surface area contributed by atoms with Crippen molar-refractivity contribution in [1.82, 2.24) is 15.7 Å². The molecule has 2 N–H and O–H groups in total. The van der Waals surface area contributed by atoms with Gasteiger partial charge in [0.1, 0.15) is 5.15 Å². The maximum atomic E-state index is 12.0. The van der Waals surface area contributed by atoms with Gasteiger partial charge in [0.2, 0.25) is 0 Å². The third kappa shape index (κ3) is 5.06. The van der Waals surface area contributed by atoms with Crippen LogP contribution in [0.1, 0.15) is 21.5 Å². The zero-order valence-electron chi connectivity index (χ0n) is 14.9. The molecule has 0 aliphatic rings. The molecule has 2 aromatic carbocycles. The number of pyridine rings is 1. The topological polar surface area (TPSA) is 83.5 Å². The van der Waals surface area contributed by atoms with Crippen molar-refractivity contribution in [2.24, 2.45) is 5.10 Å². The van der Waals surface area contributed by atoms with Crippen LogP contribution in [0.5, 0.6) is 0 Å². The van der Waals surface area contributed by atoms with Crippen LogP contribution >= 0.6 is 23.2 Å². The standard InChI is InChI=1S/C20H16Cl2N4O2/c1-12-5-6-13-8-15(19(22)25-17(13)7-12)10-24-26-18(27)11-23-20(28)14-3-2-4-16(21)9-14/h2-10H,11H2,1H3,(H,23,28)(H,26,27). The van der Waals surface area contributed by atoms with Crippen molar-refractivity contribution in [1.29, 1.82) is 0 Å². The van der Waals surface area contributed by atoms with E-state index >= 15 is 0 Å². The number of hydrogen-bond donors (Lipinski definition) is 2. The van der Waals surface area contributed by atoms with Gasteiger partial charge in [-0.2, -0.15) is 5.10 Å². The highest BCUT2D eigenvalue weighted by atomic mass is 35.5. The maximum Gasteiger partial charge on any atom is 0.259 e. The van der Waals surface area contributed by atoms with Crippen LogP contribution in [-0.4, -0.2) is 29.6 Å². The predicted octanol–water partition coefficient (Wildman–Crippen LogP) is 3.73. The lowest BCUT2D eigenvalue weighted by atomic mass is 10.1. The number of rotatable bonds is 5. The summed E-state index contributed by atoms with van der Waals surface area (Å²) in [7, 11) is 0. The average Bonchev–Trinajstić information content (AvgIpc) is 2.66. The van der Waals surface area contributed by atoms with Crippen LogP contribution in [0, 0.1) is 6.92 Å². The fourth-order valence-electron chi connectivity index (χ4n) is 2.47. The van der Waals surface area contributed by atoms with Gasteiger partial charge in [-0.3, -0.25) is 9.59 Å². The van der Waals surface area contributed by atoms with E-state index in [1.165, 1.54) is 12.3 Å². The normalized spacial score (nSPS) is 11.0. The molecule has 0 saturated carbocycles. The minimum absolute atomic E-state index is 0.230. The molecule has 8 heteroatoms. The number of amides is 2. The number of halogens is 2. The average molecular weight is 415 g/mol. The van der Waals surface area contributed by atoms with Crippen molar-refractivity contribution in [3.05, 3.63) is 75.4 Å². The van der Waals surface area contributed by atoms with Crippen molar-refractivity contribution in [2.45, 2.75) is 6.92 Å². The largest absolute Gasteiger partial charge is 0.343 e. The molecule has 0 spiro atoms. The molecule has 0 atom stereocenters. The SMILES string of the molecule is Cc1ccc2cc(C=NNC(=O)CNC(=O)c3cccc(Cl)c3)c(Cl)nc2c1. The molecule has 142 valence electrons.